The van der Waals surface area contributed by atoms with Crippen LogP contribution in [0.2, 0.25) is 0 Å². The molecule has 0 heterocycles. The van der Waals surface area contributed by atoms with E-state index in [1.54, 1.807) is 0 Å². The summed E-state index contributed by atoms with van der Waals surface area (Å²) in [6, 6.07) is 0. The lowest BCUT2D eigenvalue weighted by atomic mass is 10.0. The minimum Gasteiger partial charge on any atom is -0.469 e. The van der Waals surface area contributed by atoms with E-state index < -0.39 is 6.29 Å². The van der Waals surface area contributed by atoms with E-state index in [4.69, 9.17) is 9.47 Å². The van der Waals surface area contributed by atoms with Gasteiger partial charge in [-0.3, -0.25) is 4.79 Å². The number of methoxy groups -OCH3 is 3. The molecule has 4 nitrogen and oxygen atoms in total. The van der Waals surface area contributed by atoms with Crippen molar-refractivity contribution >= 4 is 5.97 Å². The topological polar surface area (TPSA) is 44.8 Å². The van der Waals surface area contributed by atoms with Crippen LogP contribution in [0.4, 0.5) is 0 Å². The quantitative estimate of drug-likeness (QED) is 0.466. The molecule has 0 bridgehead atoms. The molecule has 0 aromatic rings. The number of hydrogen-bond acceptors (Lipinski definition) is 4. The van der Waals surface area contributed by atoms with Crippen LogP contribution in [0.15, 0.2) is 0 Å². The summed E-state index contributed by atoms with van der Waals surface area (Å²) in [4.78, 5) is 11.3. The van der Waals surface area contributed by atoms with E-state index in [2.05, 4.69) is 4.74 Å². The van der Waals surface area contributed by atoms with Crippen LogP contribution in [0.1, 0.15) is 19.8 Å². The summed E-state index contributed by atoms with van der Waals surface area (Å²) < 4.78 is 14.7. The van der Waals surface area contributed by atoms with Crippen molar-refractivity contribution in [3.8, 4) is 0 Å². The second-order valence-corrected chi connectivity index (χ2v) is 2.76. The molecular weight excluding hydrogens is 172 g/mol. The van der Waals surface area contributed by atoms with Crippen molar-refractivity contribution < 1.29 is 19.0 Å². The average Bonchev–Trinajstić information content (AvgIpc) is 2.17. The van der Waals surface area contributed by atoms with Crippen LogP contribution in [0.25, 0.3) is 0 Å². The molecule has 0 fully saturated rings. The van der Waals surface area contributed by atoms with Gasteiger partial charge in [-0.05, 0) is 6.42 Å². The van der Waals surface area contributed by atoms with Crippen LogP contribution in [0, 0.1) is 5.92 Å². The van der Waals surface area contributed by atoms with Crippen LogP contribution in [-0.2, 0) is 19.0 Å². The van der Waals surface area contributed by atoms with Gasteiger partial charge < -0.3 is 14.2 Å². The van der Waals surface area contributed by atoms with Gasteiger partial charge in [0.1, 0.15) is 5.92 Å². The van der Waals surface area contributed by atoms with Gasteiger partial charge in [0.25, 0.3) is 0 Å². The molecule has 0 aliphatic heterocycles. The van der Waals surface area contributed by atoms with Gasteiger partial charge in [0.15, 0.2) is 6.29 Å². The monoisotopic (exact) mass is 190 g/mol. The smallest absolute Gasteiger partial charge is 0.313 e. The predicted octanol–water partition coefficient (Wildman–Crippen LogP) is 1.19. The minimum absolute atomic E-state index is 0.282. The predicted molar refractivity (Wildman–Crippen MR) is 48.2 cm³/mol. The van der Waals surface area contributed by atoms with Gasteiger partial charge in [-0.2, -0.15) is 0 Å². The lowest BCUT2D eigenvalue weighted by molar-refractivity contribution is -0.175. The molecule has 0 saturated carbocycles. The highest BCUT2D eigenvalue weighted by Gasteiger charge is 2.28. The van der Waals surface area contributed by atoms with Gasteiger partial charge in [0.2, 0.25) is 0 Å². The van der Waals surface area contributed by atoms with E-state index in [1.165, 1.54) is 21.3 Å². The Morgan fingerprint density at radius 2 is 1.77 bits per heavy atom. The summed E-state index contributed by atoms with van der Waals surface area (Å²) in [6.07, 6.45) is 1.09. The van der Waals surface area contributed by atoms with Crippen molar-refractivity contribution in [2.24, 2.45) is 5.92 Å². The third kappa shape index (κ3) is 3.74. The maximum absolute atomic E-state index is 11.3. The summed E-state index contributed by atoms with van der Waals surface area (Å²) in [7, 11) is 4.40. The molecule has 0 aromatic carbocycles. The molecule has 78 valence electrons. The van der Waals surface area contributed by atoms with Crippen LogP contribution in [-0.4, -0.2) is 33.6 Å². The third-order valence-corrected chi connectivity index (χ3v) is 1.90. The van der Waals surface area contributed by atoms with Crippen molar-refractivity contribution in [1.29, 1.82) is 0 Å². The molecular formula is C9H18O4. The van der Waals surface area contributed by atoms with Gasteiger partial charge in [-0.15, -0.1) is 0 Å². The number of carbonyl (C=O) groups is 1. The second-order valence-electron chi connectivity index (χ2n) is 2.76. The van der Waals surface area contributed by atoms with Crippen molar-refractivity contribution in [1.82, 2.24) is 0 Å². The molecule has 0 N–H and O–H groups in total. The fraction of sp³-hybridized carbons (Fsp3) is 0.889. The minimum atomic E-state index is -0.507. The SMILES string of the molecule is CCCC(C(=O)OC)C(OC)OC. The van der Waals surface area contributed by atoms with Crippen LogP contribution < -0.4 is 0 Å². The largest absolute Gasteiger partial charge is 0.469 e. The number of rotatable bonds is 6. The zero-order chi connectivity index (χ0) is 10.3. The third-order valence-electron chi connectivity index (χ3n) is 1.90. The van der Waals surface area contributed by atoms with Crippen molar-refractivity contribution in [2.45, 2.75) is 26.1 Å². The lowest BCUT2D eigenvalue weighted by Crippen LogP contribution is -2.32. The van der Waals surface area contributed by atoms with Crippen LogP contribution >= 0.6 is 0 Å². The van der Waals surface area contributed by atoms with E-state index in [1.807, 2.05) is 6.92 Å². The highest BCUT2D eigenvalue weighted by molar-refractivity contribution is 5.72. The molecule has 1 atom stereocenters. The van der Waals surface area contributed by atoms with Gasteiger partial charge in [-0.25, -0.2) is 0 Å². The zero-order valence-corrected chi connectivity index (χ0v) is 8.70. The van der Waals surface area contributed by atoms with Crippen LogP contribution in [0.5, 0.6) is 0 Å². The van der Waals surface area contributed by atoms with E-state index in [-0.39, 0.29) is 11.9 Å². The van der Waals surface area contributed by atoms with E-state index in [0.29, 0.717) is 6.42 Å². The molecule has 0 aromatic heterocycles. The lowest BCUT2D eigenvalue weighted by Gasteiger charge is -2.21. The maximum atomic E-state index is 11.3. The Labute approximate surface area is 79.2 Å². The first-order valence-corrected chi connectivity index (χ1v) is 4.34. The van der Waals surface area contributed by atoms with Crippen molar-refractivity contribution in [3.63, 3.8) is 0 Å². The van der Waals surface area contributed by atoms with E-state index in [0.717, 1.165) is 6.42 Å². The average molecular weight is 190 g/mol. The Morgan fingerprint density at radius 1 is 1.23 bits per heavy atom. The molecule has 0 saturated heterocycles. The number of carbonyl (C=O) groups excluding carboxylic acids is 1. The van der Waals surface area contributed by atoms with Gasteiger partial charge >= 0.3 is 5.97 Å². The van der Waals surface area contributed by atoms with Crippen LogP contribution in [0.3, 0.4) is 0 Å². The molecule has 1 unspecified atom stereocenters. The maximum Gasteiger partial charge on any atom is 0.313 e. The zero-order valence-electron chi connectivity index (χ0n) is 8.70. The number of ether oxygens (including phenoxy) is 3. The summed E-state index contributed by atoms with van der Waals surface area (Å²) >= 11 is 0. The summed E-state index contributed by atoms with van der Waals surface area (Å²) in [5, 5.41) is 0. The fourth-order valence-corrected chi connectivity index (χ4v) is 1.25. The Hall–Kier alpha value is -0.610. The van der Waals surface area contributed by atoms with Gasteiger partial charge in [-0.1, -0.05) is 13.3 Å². The fourth-order valence-electron chi connectivity index (χ4n) is 1.25. The summed E-state index contributed by atoms with van der Waals surface area (Å²) in [5.41, 5.74) is 0. The molecule has 13 heavy (non-hydrogen) atoms. The summed E-state index contributed by atoms with van der Waals surface area (Å²) in [5.74, 6) is -0.611. The first-order chi connectivity index (χ1) is 6.21. The first-order valence-electron chi connectivity index (χ1n) is 4.34. The molecule has 0 spiro atoms. The molecule has 0 radical (unpaired) electrons. The Balaban J connectivity index is 4.28. The number of esters is 1. The molecule has 0 aliphatic rings. The van der Waals surface area contributed by atoms with Gasteiger partial charge in [0.05, 0.1) is 7.11 Å². The van der Waals surface area contributed by atoms with E-state index in [9.17, 15) is 4.79 Å². The Bertz CT molecular complexity index is 143. The van der Waals surface area contributed by atoms with Crippen molar-refractivity contribution in [2.75, 3.05) is 21.3 Å². The number of hydrogen-bond donors (Lipinski definition) is 0. The Morgan fingerprint density at radius 3 is 2.08 bits per heavy atom. The Kier molecular flexibility index (Phi) is 6.54. The van der Waals surface area contributed by atoms with Crippen molar-refractivity contribution in [3.05, 3.63) is 0 Å². The molecule has 0 aliphatic carbocycles. The molecule has 0 rings (SSSR count). The van der Waals surface area contributed by atoms with Gasteiger partial charge in [0, 0.05) is 14.2 Å². The molecule has 4 heteroatoms. The highest BCUT2D eigenvalue weighted by atomic mass is 16.7. The standard InChI is InChI=1S/C9H18O4/c1-5-6-7(8(10)11-2)9(12-3)13-4/h7,9H,5-6H2,1-4H3. The highest BCUT2D eigenvalue weighted by Crippen LogP contribution is 2.16. The van der Waals surface area contributed by atoms with E-state index >= 15 is 0 Å². The molecule has 0 amide bonds. The first kappa shape index (κ1) is 12.4. The summed E-state index contributed by atoms with van der Waals surface area (Å²) in [6.45, 7) is 2.00. The second kappa shape index (κ2) is 6.86. The normalized spacial score (nSPS) is 13.0.